The van der Waals surface area contributed by atoms with E-state index in [1.807, 2.05) is 26.0 Å². The van der Waals surface area contributed by atoms with Gasteiger partial charge in [0.25, 0.3) is 0 Å². The van der Waals surface area contributed by atoms with E-state index in [-0.39, 0.29) is 0 Å². The Labute approximate surface area is 164 Å². The summed E-state index contributed by atoms with van der Waals surface area (Å²) in [5.41, 5.74) is 7.76. The summed E-state index contributed by atoms with van der Waals surface area (Å²) in [5.74, 6) is 1.54. The minimum atomic E-state index is 0.746. The van der Waals surface area contributed by atoms with Crippen LogP contribution in [0, 0.1) is 27.7 Å². The average molecular weight is 372 g/mol. The van der Waals surface area contributed by atoms with Crippen molar-refractivity contribution in [1.29, 1.82) is 0 Å². The van der Waals surface area contributed by atoms with Crippen LogP contribution in [0.5, 0.6) is 0 Å². The third kappa shape index (κ3) is 3.05. The number of aryl methyl sites for hydroxylation is 4. The zero-order chi connectivity index (χ0) is 20.0. The molecule has 2 aromatic carbocycles. The van der Waals surface area contributed by atoms with Gasteiger partial charge in [-0.3, -0.25) is 0 Å². The number of rotatable bonds is 3. The van der Waals surface area contributed by atoms with Gasteiger partial charge in [0, 0.05) is 21.9 Å². The van der Waals surface area contributed by atoms with Gasteiger partial charge >= 0.3 is 0 Å². The Hall–Kier alpha value is -3.14. The van der Waals surface area contributed by atoms with E-state index in [0.717, 1.165) is 56.0 Å². The van der Waals surface area contributed by atoms with E-state index in [0.29, 0.717) is 0 Å². The van der Waals surface area contributed by atoms with E-state index < -0.39 is 0 Å². The zero-order valence-corrected chi connectivity index (χ0v) is 17.2. The number of benzene rings is 2. The molecule has 0 saturated heterocycles. The molecule has 0 radical (unpaired) electrons. The smallest absolute Gasteiger partial charge is 0.154 e. The molecule has 0 atom stereocenters. The molecular weight excluding hydrogens is 348 g/mol. The van der Waals surface area contributed by atoms with Gasteiger partial charge in [-0.15, -0.1) is 0 Å². The van der Waals surface area contributed by atoms with E-state index >= 15 is 0 Å². The van der Waals surface area contributed by atoms with Crippen molar-refractivity contribution in [3.63, 3.8) is 0 Å². The summed E-state index contributed by atoms with van der Waals surface area (Å²) in [6.07, 6.45) is 0. The van der Waals surface area contributed by atoms with Gasteiger partial charge in [0.2, 0.25) is 0 Å². The highest BCUT2D eigenvalue weighted by Crippen LogP contribution is 2.28. The Morgan fingerprint density at radius 2 is 1.04 bits per heavy atom. The fraction of sp³-hybridized carbons (Fsp3) is 0.250. The van der Waals surface area contributed by atoms with Crippen LogP contribution in [0.25, 0.3) is 21.9 Å². The van der Waals surface area contributed by atoms with Crippen LogP contribution in [-0.2, 0) is 0 Å². The second kappa shape index (κ2) is 6.79. The third-order valence-corrected chi connectivity index (χ3v) is 5.19. The largest absolute Gasteiger partial charge is 0.454 e. The Kier molecular flexibility index (Phi) is 4.42. The maximum Gasteiger partial charge on any atom is 0.154 e. The molecule has 0 amide bonds. The monoisotopic (exact) mass is 372 g/mol. The van der Waals surface area contributed by atoms with Gasteiger partial charge in [-0.25, -0.2) is 0 Å². The number of nitrogens with zero attached hydrogens (tertiary/aromatic N) is 2. The van der Waals surface area contributed by atoms with E-state index in [1.54, 1.807) is 0 Å². The van der Waals surface area contributed by atoms with Crippen LogP contribution in [0.4, 0.5) is 0 Å². The lowest BCUT2D eigenvalue weighted by molar-refractivity contribution is 0.598. The second-order valence-corrected chi connectivity index (χ2v) is 7.48. The first-order chi connectivity index (χ1) is 13.3. The second-order valence-electron chi connectivity index (χ2n) is 7.48. The van der Waals surface area contributed by atoms with Gasteiger partial charge in [0.1, 0.15) is 22.6 Å². The molecule has 0 bridgehead atoms. The summed E-state index contributed by atoms with van der Waals surface area (Å²) in [7, 11) is 0. The van der Waals surface area contributed by atoms with Crippen LogP contribution in [0.3, 0.4) is 0 Å². The summed E-state index contributed by atoms with van der Waals surface area (Å²) >= 11 is 0. The summed E-state index contributed by atoms with van der Waals surface area (Å²) < 4.78 is 12.1. The summed E-state index contributed by atoms with van der Waals surface area (Å²) in [4.78, 5) is 0. The molecule has 4 nitrogen and oxygen atoms in total. The molecule has 0 aliphatic heterocycles. The van der Waals surface area contributed by atoms with Crippen LogP contribution >= 0.6 is 0 Å². The third-order valence-electron chi connectivity index (χ3n) is 5.19. The maximum absolute atomic E-state index is 6.04. The molecule has 28 heavy (non-hydrogen) atoms. The molecule has 0 spiro atoms. The topological polar surface area (TPSA) is 51.0 Å². The van der Waals surface area contributed by atoms with Gasteiger partial charge in [0.05, 0.1) is 0 Å². The Bertz CT molecular complexity index is 1170. The van der Waals surface area contributed by atoms with Crippen molar-refractivity contribution in [3.05, 3.63) is 70.2 Å². The van der Waals surface area contributed by atoms with Crippen LogP contribution in [0.1, 0.15) is 47.6 Å². The molecule has 0 unspecified atom stereocenters. The van der Waals surface area contributed by atoms with Crippen molar-refractivity contribution >= 4 is 33.4 Å². The van der Waals surface area contributed by atoms with Crippen LogP contribution in [-0.4, -0.2) is 11.4 Å². The lowest BCUT2D eigenvalue weighted by Crippen LogP contribution is -1.97. The minimum Gasteiger partial charge on any atom is -0.454 e. The van der Waals surface area contributed by atoms with Crippen LogP contribution in [0.15, 0.2) is 55.4 Å². The summed E-state index contributed by atoms with van der Waals surface area (Å²) in [5, 5.41) is 11.1. The minimum absolute atomic E-state index is 0.746. The van der Waals surface area contributed by atoms with Crippen molar-refractivity contribution in [1.82, 2.24) is 0 Å². The average Bonchev–Trinajstić information content (AvgIpc) is 3.16. The molecule has 4 heteroatoms. The highest BCUT2D eigenvalue weighted by atomic mass is 16.3. The molecule has 2 aromatic heterocycles. The van der Waals surface area contributed by atoms with Gasteiger partial charge < -0.3 is 8.83 Å². The lowest BCUT2D eigenvalue weighted by atomic mass is 10.1. The Balaban J connectivity index is 1.72. The first-order valence-corrected chi connectivity index (χ1v) is 9.44. The van der Waals surface area contributed by atoms with Crippen molar-refractivity contribution in [2.45, 2.75) is 41.5 Å². The van der Waals surface area contributed by atoms with E-state index in [4.69, 9.17) is 8.83 Å². The molecule has 0 aliphatic rings. The molecular formula is C24H24N2O2. The molecule has 4 rings (SSSR count). The van der Waals surface area contributed by atoms with Crippen molar-refractivity contribution in [2.24, 2.45) is 10.2 Å². The fourth-order valence-corrected chi connectivity index (χ4v) is 3.60. The Morgan fingerprint density at radius 1 is 0.643 bits per heavy atom. The molecule has 0 saturated carbocycles. The van der Waals surface area contributed by atoms with Gasteiger partial charge in [0.15, 0.2) is 11.5 Å². The zero-order valence-electron chi connectivity index (χ0n) is 17.2. The quantitative estimate of drug-likeness (QED) is 0.299. The first-order valence-electron chi connectivity index (χ1n) is 9.44. The van der Waals surface area contributed by atoms with Crippen molar-refractivity contribution < 1.29 is 8.83 Å². The molecule has 142 valence electrons. The van der Waals surface area contributed by atoms with Gasteiger partial charge in [-0.05, 0) is 64.8 Å². The number of furan rings is 2. The molecule has 0 aliphatic carbocycles. The SMILES string of the molecule is C/C(=N\N=C(/C)c1oc2cc(C)ccc2c1C)c1oc2cc(C)ccc2c1C. The van der Waals surface area contributed by atoms with Crippen molar-refractivity contribution in [2.75, 3.05) is 0 Å². The molecule has 0 N–H and O–H groups in total. The van der Waals surface area contributed by atoms with Gasteiger partial charge in [-0.2, -0.15) is 10.2 Å². The van der Waals surface area contributed by atoms with E-state index in [9.17, 15) is 0 Å². The predicted molar refractivity (Wildman–Crippen MR) is 116 cm³/mol. The van der Waals surface area contributed by atoms with Crippen LogP contribution in [0.2, 0.25) is 0 Å². The maximum atomic E-state index is 6.04. The first kappa shape index (κ1) is 18.2. The molecule has 0 fully saturated rings. The number of hydrogen-bond donors (Lipinski definition) is 0. The van der Waals surface area contributed by atoms with Crippen LogP contribution < -0.4 is 0 Å². The Morgan fingerprint density at radius 3 is 1.43 bits per heavy atom. The van der Waals surface area contributed by atoms with Crippen molar-refractivity contribution in [3.8, 4) is 0 Å². The van der Waals surface area contributed by atoms with Gasteiger partial charge in [-0.1, -0.05) is 24.3 Å². The summed E-state index contributed by atoms with van der Waals surface area (Å²) in [6, 6.07) is 12.5. The molecule has 2 heterocycles. The predicted octanol–water partition coefficient (Wildman–Crippen LogP) is 6.65. The lowest BCUT2D eigenvalue weighted by Gasteiger charge is -1.98. The standard InChI is InChI=1S/C24H24N2O2/c1-13-7-9-19-15(3)23(27-21(19)11-13)17(5)25-26-18(6)24-16(4)20-10-8-14(2)12-22(20)28-24/h7-12H,1-6H3/b25-17+,26-18+. The van der Waals surface area contributed by atoms with E-state index in [1.165, 1.54) is 11.1 Å². The summed E-state index contributed by atoms with van der Waals surface area (Å²) in [6.45, 7) is 12.1. The number of hydrogen-bond acceptors (Lipinski definition) is 4. The fourth-order valence-electron chi connectivity index (χ4n) is 3.60. The molecule has 4 aromatic rings. The normalized spacial score (nSPS) is 13.1. The number of fused-ring (bicyclic) bond motifs is 2. The highest BCUT2D eigenvalue weighted by Gasteiger charge is 2.15. The highest BCUT2D eigenvalue weighted by molar-refractivity contribution is 6.04. The van der Waals surface area contributed by atoms with E-state index in [2.05, 4.69) is 62.2 Å².